The van der Waals surface area contributed by atoms with Crippen molar-refractivity contribution < 1.29 is 4.74 Å². The van der Waals surface area contributed by atoms with E-state index in [0.29, 0.717) is 6.04 Å². The summed E-state index contributed by atoms with van der Waals surface area (Å²) in [5.41, 5.74) is 2.54. The number of benzene rings is 2. The molecule has 0 saturated heterocycles. The highest BCUT2D eigenvalue weighted by atomic mass is 35.5. The van der Waals surface area contributed by atoms with Gasteiger partial charge in [-0.3, -0.25) is 0 Å². The molecule has 2 aromatic rings. The number of nitrogens with one attached hydrogen (secondary N) is 1. The summed E-state index contributed by atoms with van der Waals surface area (Å²) in [5.74, 6) is 0.903. The Morgan fingerprint density at radius 1 is 1.14 bits per heavy atom. The molecule has 0 aliphatic rings. The van der Waals surface area contributed by atoms with E-state index in [-0.39, 0.29) is 0 Å². The summed E-state index contributed by atoms with van der Waals surface area (Å²) in [6, 6.07) is 16.6. The van der Waals surface area contributed by atoms with Crippen molar-refractivity contribution in [2.24, 2.45) is 0 Å². The summed E-state index contributed by atoms with van der Waals surface area (Å²) >= 11 is 5.99. The van der Waals surface area contributed by atoms with Crippen LogP contribution in [0.25, 0.3) is 0 Å². The average Bonchev–Trinajstić information content (AvgIpc) is 2.51. The molecule has 0 spiro atoms. The summed E-state index contributed by atoms with van der Waals surface area (Å²) in [5, 5.41) is 4.36. The summed E-state index contributed by atoms with van der Waals surface area (Å²) in [7, 11) is 1.70. The van der Waals surface area contributed by atoms with Gasteiger partial charge < -0.3 is 10.1 Å². The van der Waals surface area contributed by atoms with Crippen LogP contribution in [-0.4, -0.2) is 13.7 Å². The van der Waals surface area contributed by atoms with Gasteiger partial charge in [-0.2, -0.15) is 0 Å². The number of halogens is 1. The van der Waals surface area contributed by atoms with Gasteiger partial charge in [0.1, 0.15) is 5.75 Å². The van der Waals surface area contributed by atoms with Crippen LogP contribution in [0.5, 0.6) is 5.75 Å². The lowest BCUT2D eigenvalue weighted by molar-refractivity contribution is 0.413. The fourth-order valence-electron chi connectivity index (χ4n) is 2.33. The maximum Gasteiger partial charge on any atom is 0.119 e. The van der Waals surface area contributed by atoms with Gasteiger partial charge in [0.15, 0.2) is 0 Å². The SMILES string of the molecule is COc1cccc(C(C)NCCCc2cccc(Cl)c2)c1. The van der Waals surface area contributed by atoms with Crippen molar-refractivity contribution in [1.29, 1.82) is 0 Å². The van der Waals surface area contributed by atoms with Gasteiger partial charge in [0.05, 0.1) is 7.11 Å². The number of hydrogen-bond donors (Lipinski definition) is 1. The van der Waals surface area contributed by atoms with Crippen LogP contribution in [0.2, 0.25) is 5.02 Å². The van der Waals surface area contributed by atoms with Crippen LogP contribution in [0.15, 0.2) is 48.5 Å². The lowest BCUT2D eigenvalue weighted by Crippen LogP contribution is -2.20. The van der Waals surface area contributed by atoms with Gasteiger partial charge in [-0.25, -0.2) is 0 Å². The van der Waals surface area contributed by atoms with Crippen LogP contribution in [-0.2, 0) is 6.42 Å². The Morgan fingerprint density at radius 2 is 1.95 bits per heavy atom. The van der Waals surface area contributed by atoms with Crippen molar-refractivity contribution in [2.45, 2.75) is 25.8 Å². The average molecular weight is 304 g/mol. The molecule has 1 atom stereocenters. The summed E-state index contributed by atoms with van der Waals surface area (Å²) in [6.07, 6.45) is 2.13. The van der Waals surface area contributed by atoms with E-state index in [0.717, 1.165) is 30.2 Å². The van der Waals surface area contributed by atoms with E-state index in [9.17, 15) is 0 Å². The van der Waals surface area contributed by atoms with Gasteiger partial charge in [0.2, 0.25) is 0 Å². The third-order valence-corrected chi connectivity index (χ3v) is 3.81. The van der Waals surface area contributed by atoms with Gasteiger partial charge in [0, 0.05) is 11.1 Å². The summed E-state index contributed by atoms with van der Waals surface area (Å²) < 4.78 is 5.26. The quantitative estimate of drug-likeness (QED) is 0.753. The minimum atomic E-state index is 0.319. The topological polar surface area (TPSA) is 21.3 Å². The first-order valence-corrected chi connectivity index (χ1v) is 7.68. The normalized spacial score (nSPS) is 12.1. The molecule has 0 aliphatic heterocycles. The number of hydrogen-bond acceptors (Lipinski definition) is 2. The first-order valence-electron chi connectivity index (χ1n) is 7.31. The van der Waals surface area contributed by atoms with Crippen LogP contribution in [0.1, 0.15) is 30.5 Å². The lowest BCUT2D eigenvalue weighted by atomic mass is 10.1. The molecule has 2 aromatic carbocycles. The van der Waals surface area contributed by atoms with Crippen LogP contribution >= 0.6 is 11.6 Å². The zero-order valence-electron chi connectivity index (χ0n) is 12.6. The van der Waals surface area contributed by atoms with E-state index in [1.807, 2.05) is 30.3 Å². The summed E-state index contributed by atoms with van der Waals surface area (Å²) in [4.78, 5) is 0. The Kier molecular flexibility index (Phi) is 6.09. The number of rotatable bonds is 7. The third kappa shape index (κ3) is 5.07. The van der Waals surface area contributed by atoms with Gasteiger partial charge >= 0.3 is 0 Å². The second-order valence-corrected chi connectivity index (χ2v) is 5.62. The first-order chi connectivity index (χ1) is 10.2. The molecule has 1 N–H and O–H groups in total. The van der Waals surface area contributed by atoms with Crippen molar-refractivity contribution in [3.63, 3.8) is 0 Å². The summed E-state index contributed by atoms with van der Waals surface area (Å²) in [6.45, 7) is 3.15. The van der Waals surface area contributed by atoms with E-state index in [1.165, 1.54) is 11.1 Å². The Hall–Kier alpha value is -1.51. The largest absolute Gasteiger partial charge is 0.497 e. The van der Waals surface area contributed by atoms with Crippen LogP contribution < -0.4 is 10.1 Å². The van der Waals surface area contributed by atoms with Crippen LogP contribution in [0.3, 0.4) is 0 Å². The van der Waals surface area contributed by atoms with Gasteiger partial charge in [-0.1, -0.05) is 35.9 Å². The van der Waals surface area contributed by atoms with E-state index in [1.54, 1.807) is 7.11 Å². The van der Waals surface area contributed by atoms with Crippen LogP contribution in [0, 0.1) is 0 Å². The molecule has 0 heterocycles. The number of ether oxygens (including phenoxy) is 1. The fraction of sp³-hybridized carbons (Fsp3) is 0.333. The molecule has 3 heteroatoms. The maximum atomic E-state index is 5.99. The molecular weight excluding hydrogens is 282 g/mol. The third-order valence-electron chi connectivity index (χ3n) is 3.58. The van der Waals surface area contributed by atoms with E-state index in [2.05, 4.69) is 30.4 Å². The van der Waals surface area contributed by atoms with Gasteiger partial charge in [0.25, 0.3) is 0 Å². The van der Waals surface area contributed by atoms with E-state index >= 15 is 0 Å². The Morgan fingerprint density at radius 3 is 2.71 bits per heavy atom. The highest BCUT2D eigenvalue weighted by Gasteiger charge is 2.05. The van der Waals surface area contributed by atoms with Crippen molar-refractivity contribution in [3.05, 3.63) is 64.7 Å². The van der Waals surface area contributed by atoms with E-state index in [4.69, 9.17) is 16.3 Å². The fourth-order valence-corrected chi connectivity index (χ4v) is 2.55. The number of aryl methyl sites for hydroxylation is 1. The molecule has 2 rings (SSSR count). The molecule has 0 aromatic heterocycles. The van der Waals surface area contributed by atoms with Crippen LogP contribution in [0.4, 0.5) is 0 Å². The molecule has 0 bridgehead atoms. The second-order valence-electron chi connectivity index (χ2n) is 5.19. The Bertz CT molecular complexity index is 571. The monoisotopic (exact) mass is 303 g/mol. The molecule has 0 amide bonds. The predicted octanol–water partition coefficient (Wildman–Crippen LogP) is 4.63. The van der Waals surface area contributed by atoms with Crippen molar-refractivity contribution in [2.75, 3.05) is 13.7 Å². The zero-order valence-corrected chi connectivity index (χ0v) is 13.4. The second kappa shape index (κ2) is 8.06. The molecule has 0 fully saturated rings. The molecule has 2 nitrogen and oxygen atoms in total. The Balaban J connectivity index is 1.77. The number of methoxy groups -OCH3 is 1. The molecule has 112 valence electrons. The molecule has 0 saturated carbocycles. The van der Waals surface area contributed by atoms with Crippen molar-refractivity contribution >= 4 is 11.6 Å². The van der Waals surface area contributed by atoms with Gasteiger partial charge in [-0.05, 0) is 61.7 Å². The van der Waals surface area contributed by atoms with E-state index < -0.39 is 0 Å². The Labute approximate surface area is 132 Å². The first kappa shape index (κ1) is 15.9. The molecule has 0 radical (unpaired) electrons. The minimum Gasteiger partial charge on any atom is -0.497 e. The zero-order chi connectivity index (χ0) is 15.1. The standard InChI is InChI=1S/C18H22ClNO/c1-14(16-8-4-10-18(13-16)21-2)20-11-5-7-15-6-3-9-17(19)12-15/h3-4,6,8-10,12-14,20H,5,7,11H2,1-2H3. The molecule has 21 heavy (non-hydrogen) atoms. The highest BCUT2D eigenvalue weighted by Crippen LogP contribution is 2.18. The predicted molar refractivity (Wildman–Crippen MR) is 89.2 cm³/mol. The lowest BCUT2D eigenvalue weighted by Gasteiger charge is -2.15. The highest BCUT2D eigenvalue weighted by molar-refractivity contribution is 6.30. The molecular formula is C18H22ClNO. The molecule has 0 aliphatic carbocycles. The minimum absolute atomic E-state index is 0.319. The van der Waals surface area contributed by atoms with Crippen molar-refractivity contribution in [3.8, 4) is 5.75 Å². The molecule has 1 unspecified atom stereocenters. The maximum absolute atomic E-state index is 5.99. The van der Waals surface area contributed by atoms with Gasteiger partial charge in [-0.15, -0.1) is 0 Å². The van der Waals surface area contributed by atoms with Crippen molar-refractivity contribution in [1.82, 2.24) is 5.32 Å². The smallest absolute Gasteiger partial charge is 0.119 e.